The van der Waals surface area contributed by atoms with Crippen LogP contribution in [-0.2, 0) is 0 Å². The molecule has 1 heterocycles. The van der Waals surface area contributed by atoms with E-state index >= 15 is 0 Å². The number of rotatable bonds is 9. The summed E-state index contributed by atoms with van der Waals surface area (Å²) in [6.45, 7) is 2.54. The predicted molar refractivity (Wildman–Crippen MR) is 97.4 cm³/mol. The summed E-state index contributed by atoms with van der Waals surface area (Å²) in [7, 11) is 0. The zero-order valence-corrected chi connectivity index (χ0v) is 13.9. The first-order chi connectivity index (χ1) is 12.3. The van der Waals surface area contributed by atoms with Crippen molar-refractivity contribution in [3.8, 4) is 11.5 Å². The Balaban J connectivity index is 1.33. The van der Waals surface area contributed by atoms with Gasteiger partial charge in [-0.15, -0.1) is 0 Å². The van der Waals surface area contributed by atoms with Gasteiger partial charge < -0.3 is 19.2 Å². The van der Waals surface area contributed by atoms with Gasteiger partial charge in [0.2, 0.25) is 5.75 Å². The second kappa shape index (κ2) is 8.89. The zero-order valence-electron chi connectivity index (χ0n) is 13.9. The second-order valence-electron chi connectivity index (χ2n) is 5.55. The predicted octanol–water partition coefficient (Wildman–Crippen LogP) is 3.23. The molecule has 0 fully saturated rings. The fourth-order valence-electron chi connectivity index (χ4n) is 2.41. The maximum absolute atomic E-state index is 11.8. The van der Waals surface area contributed by atoms with Crippen LogP contribution < -0.4 is 20.4 Å². The van der Waals surface area contributed by atoms with Gasteiger partial charge in [-0.2, -0.15) is 0 Å². The van der Waals surface area contributed by atoms with E-state index in [0.29, 0.717) is 25.3 Å². The molecule has 0 unspecified atom stereocenters. The van der Waals surface area contributed by atoms with Gasteiger partial charge in [0.25, 0.3) is 0 Å². The van der Waals surface area contributed by atoms with Crippen LogP contribution in [-0.4, -0.2) is 26.3 Å². The van der Waals surface area contributed by atoms with E-state index in [1.807, 2.05) is 48.5 Å². The molecule has 5 heteroatoms. The lowest BCUT2D eigenvalue weighted by molar-refractivity contribution is 0.288. The number of hydrogen-bond acceptors (Lipinski definition) is 5. The molecule has 25 heavy (non-hydrogen) atoms. The minimum Gasteiger partial charge on any atom is -0.494 e. The highest BCUT2D eigenvalue weighted by Gasteiger charge is 2.05. The monoisotopic (exact) mass is 339 g/mol. The first kappa shape index (κ1) is 17.0. The fraction of sp³-hybridized carbons (Fsp3) is 0.250. The molecule has 0 spiro atoms. The Kier molecular flexibility index (Phi) is 6.06. The zero-order chi connectivity index (χ0) is 17.3. The van der Waals surface area contributed by atoms with E-state index in [-0.39, 0.29) is 5.75 Å². The molecule has 0 aliphatic rings. The number of hydrogen-bond donors (Lipinski definition) is 1. The van der Waals surface area contributed by atoms with Crippen molar-refractivity contribution in [1.29, 1.82) is 0 Å². The van der Waals surface area contributed by atoms with Crippen LogP contribution in [0.15, 0.2) is 69.9 Å². The lowest BCUT2D eigenvalue weighted by Crippen LogP contribution is -2.24. The van der Waals surface area contributed by atoms with Gasteiger partial charge in [0.05, 0.1) is 6.61 Å². The molecule has 0 aliphatic carbocycles. The topological polar surface area (TPSA) is 60.7 Å². The van der Waals surface area contributed by atoms with Crippen LogP contribution in [0.25, 0.3) is 11.0 Å². The number of benzene rings is 2. The second-order valence-corrected chi connectivity index (χ2v) is 5.55. The summed E-state index contributed by atoms with van der Waals surface area (Å²) in [4.78, 5) is 11.8. The average molecular weight is 339 g/mol. The van der Waals surface area contributed by atoms with Crippen LogP contribution in [0.2, 0.25) is 0 Å². The summed E-state index contributed by atoms with van der Waals surface area (Å²) < 4.78 is 16.4. The standard InChI is InChI=1S/C20H21NO4/c22-20-19(15-16-7-4-5-10-18(16)25-20)24-14-12-21-11-6-13-23-17-8-2-1-3-9-17/h1-5,7-10,15,21H,6,11-14H2. The third-order valence-electron chi connectivity index (χ3n) is 3.66. The van der Waals surface area contributed by atoms with E-state index in [1.54, 1.807) is 12.1 Å². The molecule has 0 radical (unpaired) electrons. The maximum atomic E-state index is 11.8. The van der Waals surface area contributed by atoms with Crippen molar-refractivity contribution in [2.24, 2.45) is 0 Å². The highest BCUT2D eigenvalue weighted by Crippen LogP contribution is 2.16. The maximum Gasteiger partial charge on any atom is 0.379 e. The van der Waals surface area contributed by atoms with Crippen molar-refractivity contribution in [2.75, 3.05) is 26.3 Å². The largest absolute Gasteiger partial charge is 0.494 e. The lowest BCUT2D eigenvalue weighted by atomic mass is 10.2. The van der Waals surface area contributed by atoms with Gasteiger partial charge >= 0.3 is 5.63 Å². The molecule has 3 rings (SSSR count). The van der Waals surface area contributed by atoms with Crippen molar-refractivity contribution in [2.45, 2.75) is 6.42 Å². The molecule has 2 aromatic carbocycles. The van der Waals surface area contributed by atoms with Crippen LogP contribution in [0, 0.1) is 0 Å². The molecule has 0 bridgehead atoms. The Morgan fingerprint density at radius 3 is 2.56 bits per heavy atom. The highest BCUT2D eigenvalue weighted by molar-refractivity contribution is 5.77. The van der Waals surface area contributed by atoms with Crippen LogP contribution in [0.4, 0.5) is 0 Å². The molecule has 5 nitrogen and oxygen atoms in total. The normalized spacial score (nSPS) is 10.7. The minimum absolute atomic E-state index is 0.243. The molecule has 1 aromatic heterocycles. The van der Waals surface area contributed by atoms with Crippen molar-refractivity contribution in [3.05, 3.63) is 71.1 Å². The van der Waals surface area contributed by atoms with E-state index in [4.69, 9.17) is 13.9 Å². The Bertz CT molecular complexity index is 845. The van der Waals surface area contributed by atoms with Gasteiger partial charge in [-0.3, -0.25) is 0 Å². The van der Waals surface area contributed by atoms with Crippen molar-refractivity contribution in [1.82, 2.24) is 5.32 Å². The van der Waals surface area contributed by atoms with Gasteiger partial charge in [0.1, 0.15) is 17.9 Å². The lowest BCUT2D eigenvalue weighted by Gasteiger charge is -2.08. The molecule has 0 saturated carbocycles. The summed E-state index contributed by atoms with van der Waals surface area (Å²) in [5.74, 6) is 1.13. The van der Waals surface area contributed by atoms with Crippen LogP contribution >= 0.6 is 0 Å². The number of nitrogens with one attached hydrogen (secondary N) is 1. The van der Waals surface area contributed by atoms with E-state index in [9.17, 15) is 4.79 Å². The van der Waals surface area contributed by atoms with E-state index in [2.05, 4.69) is 5.32 Å². The van der Waals surface area contributed by atoms with Gasteiger partial charge in [-0.25, -0.2) is 4.79 Å². The summed E-state index contributed by atoms with van der Waals surface area (Å²) in [6.07, 6.45) is 0.896. The van der Waals surface area contributed by atoms with Gasteiger partial charge in [0.15, 0.2) is 0 Å². The summed E-state index contributed by atoms with van der Waals surface area (Å²) in [5, 5.41) is 4.11. The third-order valence-corrected chi connectivity index (χ3v) is 3.66. The summed E-state index contributed by atoms with van der Waals surface area (Å²) >= 11 is 0. The Morgan fingerprint density at radius 1 is 0.880 bits per heavy atom. The summed E-state index contributed by atoms with van der Waals surface area (Å²) in [6, 6.07) is 18.8. The minimum atomic E-state index is -0.449. The van der Waals surface area contributed by atoms with Gasteiger partial charge in [0, 0.05) is 11.9 Å². The molecule has 0 atom stereocenters. The number of ether oxygens (including phenoxy) is 2. The van der Waals surface area contributed by atoms with Crippen molar-refractivity contribution >= 4 is 11.0 Å². The molecule has 1 N–H and O–H groups in total. The fourth-order valence-corrected chi connectivity index (χ4v) is 2.41. The highest BCUT2D eigenvalue weighted by atomic mass is 16.5. The van der Waals surface area contributed by atoms with E-state index < -0.39 is 5.63 Å². The van der Waals surface area contributed by atoms with Crippen molar-refractivity contribution < 1.29 is 13.9 Å². The Morgan fingerprint density at radius 2 is 1.68 bits per heavy atom. The number of fused-ring (bicyclic) bond motifs is 1. The Hall–Kier alpha value is -2.79. The van der Waals surface area contributed by atoms with E-state index in [1.165, 1.54) is 0 Å². The smallest absolute Gasteiger partial charge is 0.379 e. The molecular formula is C20H21NO4. The van der Waals surface area contributed by atoms with Crippen LogP contribution in [0.1, 0.15) is 6.42 Å². The van der Waals surface area contributed by atoms with Crippen LogP contribution in [0.5, 0.6) is 11.5 Å². The quantitative estimate of drug-likeness (QED) is 0.479. The summed E-state index contributed by atoms with van der Waals surface area (Å²) in [5.41, 5.74) is 0.117. The molecule has 130 valence electrons. The third kappa shape index (κ3) is 5.09. The van der Waals surface area contributed by atoms with Crippen LogP contribution in [0.3, 0.4) is 0 Å². The first-order valence-corrected chi connectivity index (χ1v) is 8.37. The first-order valence-electron chi connectivity index (χ1n) is 8.37. The molecule has 3 aromatic rings. The van der Waals surface area contributed by atoms with E-state index in [0.717, 1.165) is 24.1 Å². The SMILES string of the molecule is O=c1oc2ccccc2cc1OCCNCCCOc1ccccc1. The molecular weight excluding hydrogens is 318 g/mol. The van der Waals surface area contributed by atoms with Gasteiger partial charge in [-0.1, -0.05) is 36.4 Å². The molecule has 0 saturated heterocycles. The number of para-hydroxylation sites is 2. The molecule has 0 amide bonds. The Labute approximate surface area is 146 Å². The van der Waals surface area contributed by atoms with Crippen molar-refractivity contribution in [3.63, 3.8) is 0 Å². The average Bonchev–Trinajstić information content (AvgIpc) is 2.65. The molecule has 0 aliphatic heterocycles. The van der Waals surface area contributed by atoms with Gasteiger partial charge in [-0.05, 0) is 37.2 Å².